The van der Waals surface area contributed by atoms with E-state index in [4.69, 9.17) is 5.73 Å². The number of thiazole rings is 1. The molecule has 0 amide bonds. The number of Topliss-reactive ketones (excluding diaryl/α,β-unsaturated/α-hetero) is 1. The lowest BCUT2D eigenvalue weighted by Crippen LogP contribution is -2.33. The van der Waals surface area contributed by atoms with Crippen LogP contribution in [0.4, 0.5) is 0 Å². The Bertz CT molecular complexity index is 493. The van der Waals surface area contributed by atoms with Crippen LogP contribution in [-0.2, 0) is 21.1 Å². The van der Waals surface area contributed by atoms with E-state index < -0.39 is 15.9 Å². The molecular weight excluding hydrogens is 260 g/mol. The Hall–Kier alpha value is -0.790. The van der Waals surface area contributed by atoms with E-state index in [2.05, 4.69) is 4.98 Å². The molecule has 17 heavy (non-hydrogen) atoms. The largest absolute Gasteiger partial charge is 0.321 e. The van der Waals surface area contributed by atoms with Crippen LogP contribution in [0.5, 0.6) is 0 Å². The Morgan fingerprint density at radius 2 is 2.24 bits per heavy atom. The average molecular weight is 276 g/mol. The summed E-state index contributed by atoms with van der Waals surface area (Å²) in [5, 5.41) is 2.59. The van der Waals surface area contributed by atoms with Gasteiger partial charge in [-0.1, -0.05) is 0 Å². The zero-order chi connectivity index (χ0) is 13.1. The van der Waals surface area contributed by atoms with Crippen molar-refractivity contribution >= 4 is 27.0 Å². The molecule has 0 aliphatic heterocycles. The van der Waals surface area contributed by atoms with Crippen LogP contribution >= 0.6 is 11.3 Å². The average Bonchev–Trinajstić information content (AvgIpc) is 2.59. The number of carbonyl (C=O) groups is 1. The molecule has 0 spiro atoms. The summed E-state index contributed by atoms with van der Waals surface area (Å²) in [6.07, 6.45) is 1.49. The first-order chi connectivity index (χ1) is 7.78. The Morgan fingerprint density at radius 3 is 2.71 bits per heavy atom. The van der Waals surface area contributed by atoms with E-state index in [0.29, 0.717) is 0 Å². The molecule has 0 aliphatic rings. The van der Waals surface area contributed by atoms with Gasteiger partial charge in [0.25, 0.3) is 0 Å². The highest BCUT2D eigenvalue weighted by atomic mass is 32.2. The van der Waals surface area contributed by atoms with Gasteiger partial charge in [0.2, 0.25) is 0 Å². The van der Waals surface area contributed by atoms with Crippen LogP contribution in [0.1, 0.15) is 17.1 Å². The number of hydrogen-bond acceptors (Lipinski definition) is 6. The number of aromatic nitrogens is 1. The van der Waals surface area contributed by atoms with Gasteiger partial charge in [0.15, 0.2) is 5.78 Å². The molecule has 0 radical (unpaired) electrons. The van der Waals surface area contributed by atoms with Gasteiger partial charge in [0.05, 0.1) is 18.2 Å². The summed E-state index contributed by atoms with van der Waals surface area (Å²) in [7, 11) is -3.07. The lowest BCUT2D eigenvalue weighted by molar-refractivity contribution is -0.119. The van der Waals surface area contributed by atoms with Crippen molar-refractivity contribution in [3.63, 3.8) is 0 Å². The van der Waals surface area contributed by atoms with Gasteiger partial charge < -0.3 is 5.73 Å². The van der Waals surface area contributed by atoms with E-state index in [1.54, 1.807) is 0 Å². The Kier molecular flexibility index (Phi) is 4.79. The molecule has 0 bridgehead atoms. The monoisotopic (exact) mass is 276 g/mol. The molecule has 0 saturated heterocycles. The lowest BCUT2D eigenvalue weighted by Gasteiger charge is -2.08. The second kappa shape index (κ2) is 5.70. The van der Waals surface area contributed by atoms with E-state index in [-0.39, 0.29) is 24.4 Å². The highest BCUT2D eigenvalue weighted by molar-refractivity contribution is 7.90. The molecule has 0 fully saturated rings. The summed E-state index contributed by atoms with van der Waals surface area (Å²) in [6, 6.07) is -0.728. The predicted octanol–water partition coefficient (Wildman–Crippen LogP) is 0.325. The van der Waals surface area contributed by atoms with Crippen molar-refractivity contribution in [1.82, 2.24) is 4.98 Å². The SMILES string of the molecule is Cc1csc(CC(=O)C(N)CCS(C)(=O)=O)n1. The fourth-order valence-electron chi connectivity index (χ4n) is 1.27. The summed E-state index contributed by atoms with van der Waals surface area (Å²) in [4.78, 5) is 15.9. The van der Waals surface area contributed by atoms with Crippen molar-refractivity contribution < 1.29 is 13.2 Å². The summed E-state index contributed by atoms with van der Waals surface area (Å²) in [5.74, 6) is -0.223. The van der Waals surface area contributed by atoms with Gasteiger partial charge in [0.1, 0.15) is 14.8 Å². The molecule has 96 valence electrons. The number of sulfone groups is 1. The maximum absolute atomic E-state index is 11.7. The number of hydrogen-bond donors (Lipinski definition) is 1. The Morgan fingerprint density at radius 1 is 1.59 bits per heavy atom. The Balaban J connectivity index is 2.47. The van der Waals surface area contributed by atoms with Gasteiger partial charge in [-0.3, -0.25) is 4.79 Å². The number of rotatable bonds is 6. The van der Waals surface area contributed by atoms with Crippen molar-refractivity contribution in [1.29, 1.82) is 0 Å². The predicted molar refractivity (Wildman–Crippen MR) is 67.9 cm³/mol. The summed E-state index contributed by atoms with van der Waals surface area (Å²) < 4.78 is 21.9. The van der Waals surface area contributed by atoms with Crippen molar-refractivity contribution in [3.05, 3.63) is 16.1 Å². The van der Waals surface area contributed by atoms with Crippen molar-refractivity contribution in [2.45, 2.75) is 25.8 Å². The normalized spacial score (nSPS) is 13.6. The van der Waals surface area contributed by atoms with Gasteiger partial charge in [-0.2, -0.15) is 0 Å². The minimum Gasteiger partial charge on any atom is -0.321 e. The number of carbonyl (C=O) groups excluding carboxylic acids is 1. The van der Waals surface area contributed by atoms with Crippen LogP contribution in [0.15, 0.2) is 5.38 Å². The fourth-order valence-corrected chi connectivity index (χ4v) is 2.73. The smallest absolute Gasteiger partial charge is 0.156 e. The zero-order valence-electron chi connectivity index (χ0n) is 9.84. The molecule has 1 atom stereocenters. The van der Waals surface area contributed by atoms with Gasteiger partial charge in [-0.15, -0.1) is 11.3 Å². The minimum absolute atomic E-state index is 0.0587. The quantitative estimate of drug-likeness (QED) is 0.808. The lowest BCUT2D eigenvalue weighted by atomic mass is 10.1. The minimum atomic E-state index is -3.07. The highest BCUT2D eigenvalue weighted by Crippen LogP contribution is 2.10. The molecule has 0 aliphatic carbocycles. The van der Waals surface area contributed by atoms with E-state index in [0.717, 1.165) is 17.0 Å². The van der Waals surface area contributed by atoms with Gasteiger partial charge in [0, 0.05) is 17.3 Å². The maximum atomic E-state index is 11.7. The molecule has 1 aromatic rings. The van der Waals surface area contributed by atoms with E-state index >= 15 is 0 Å². The molecule has 2 N–H and O–H groups in total. The second-order valence-corrected chi connectivity index (χ2v) is 7.25. The van der Waals surface area contributed by atoms with Crippen LogP contribution in [0.3, 0.4) is 0 Å². The molecule has 0 aromatic carbocycles. The van der Waals surface area contributed by atoms with Crippen LogP contribution in [-0.4, -0.2) is 37.2 Å². The molecular formula is C10H16N2O3S2. The zero-order valence-corrected chi connectivity index (χ0v) is 11.5. The van der Waals surface area contributed by atoms with Crippen molar-refractivity contribution in [2.24, 2.45) is 5.73 Å². The van der Waals surface area contributed by atoms with E-state index in [9.17, 15) is 13.2 Å². The first kappa shape index (κ1) is 14.3. The summed E-state index contributed by atoms with van der Waals surface area (Å²) in [6.45, 7) is 1.86. The third-order valence-corrected chi connectivity index (χ3v) is 4.15. The van der Waals surface area contributed by atoms with Gasteiger partial charge in [-0.25, -0.2) is 13.4 Å². The fraction of sp³-hybridized carbons (Fsp3) is 0.600. The third kappa shape index (κ3) is 5.38. The molecule has 1 rings (SSSR count). The van der Waals surface area contributed by atoms with Crippen LogP contribution < -0.4 is 5.73 Å². The summed E-state index contributed by atoms with van der Waals surface area (Å²) >= 11 is 1.41. The van der Waals surface area contributed by atoms with Gasteiger partial charge >= 0.3 is 0 Å². The third-order valence-electron chi connectivity index (χ3n) is 2.21. The first-order valence-electron chi connectivity index (χ1n) is 5.15. The van der Waals surface area contributed by atoms with Crippen LogP contribution in [0.25, 0.3) is 0 Å². The van der Waals surface area contributed by atoms with Crippen LogP contribution in [0.2, 0.25) is 0 Å². The standard InChI is InChI=1S/C10H16N2O3S2/c1-7-6-16-10(12-7)5-9(13)8(11)3-4-17(2,14)15/h6,8H,3-5,11H2,1-2H3. The maximum Gasteiger partial charge on any atom is 0.156 e. The molecule has 1 heterocycles. The number of aryl methyl sites for hydroxylation is 1. The van der Waals surface area contributed by atoms with E-state index in [1.165, 1.54) is 11.3 Å². The number of nitrogens with zero attached hydrogens (tertiary/aromatic N) is 1. The number of ketones is 1. The topological polar surface area (TPSA) is 90.1 Å². The number of nitrogens with two attached hydrogens (primary N) is 1. The molecule has 0 saturated carbocycles. The second-order valence-electron chi connectivity index (χ2n) is 4.05. The van der Waals surface area contributed by atoms with E-state index in [1.807, 2.05) is 12.3 Å². The van der Waals surface area contributed by atoms with Crippen LogP contribution in [0, 0.1) is 6.92 Å². The molecule has 1 unspecified atom stereocenters. The molecule has 1 aromatic heterocycles. The Labute approximate surface area is 105 Å². The molecule has 7 heteroatoms. The highest BCUT2D eigenvalue weighted by Gasteiger charge is 2.17. The van der Waals surface area contributed by atoms with Crippen molar-refractivity contribution in [2.75, 3.05) is 12.0 Å². The molecule has 5 nitrogen and oxygen atoms in total. The van der Waals surface area contributed by atoms with Crippen molar-refractivity contribution in [3.8, 4) is 0 Å². The van der Waals surface area contributed by atoms with Gasteiger partial charge in [-0.05, 0) is 13.3 Å². The summed E-state index contributed by atoms with van der Waals surface area (Å²) in [5.41, 5.74) is 6.52. The first-order valence-corrected chi connectivity index (χ1v) is 8.09.